The summed E-state index contributed by atoms with van der Waals surface area (Å²) in [6, 6.07) is 2.99. The van der Waals surface area contributed by atoms with Gasteiger partial charge >= 0.3 is 5.97 Å². The van der Waals surface area contributed by atoms with Crippen LogP contribution in [0.5, 0.6) is 5.75 Å². The summed E-state index contributed by atoms with van der Waals surface area (Å²) in [5.41, 5.74) is 0.126. The van der Waals surface area contributed by atoms with Crippen molar-refractivity contribution in [3.63, 3.8) is 0 Å². The minimum atomic E-state index is -1.02. The molecular weight excluding hydrogens is 224 g/mol. The van der Waals surface area contributed by atoms with Crippen molar-refractivity contribution in [2.45, 2.75) is 4.90 Å². The average molecular weight is 233 g/mol. The maximum atomic E-state index is 10.8. The Morgan fingerprint density at radius 3 is 2.64 bits per heavy atom. The van der Waals surface area contributed by atoms with E-state index in [0.717, 1.165) is 0 Å². The summed E-state index contributed by atoms with van der Waals surface area (Å²) >= 11 is 7.25. The first-order chi connectivity index (χ1) is 6.61. The fraction of sp³-hybridized carbons (Fsp3) is 0.222. The summed E-state index contributed by atoms with van der Waals surface area (Å²) in [5, 5.41) is 9.37. The van der Waals surface area contributed by atoms with Crippen LogP contribution in [0.15, 0.2) is 17.0 Å². The second-order valence-corrected chi connectivity index (χ2v) is 3.69. The highest BCUT2D eigenvalue weighted by Crippen LogP contribution is 2.37. The van der Waals surface area contributed by atoms with Crippen LogP contribution in [0.4, 0.5) is 0 Å². The summed E-state index contributed by atoms with van der Waals surface area (Å²) in [4.78, 5) is 11.5. The number of benzene rings is 1. The lowest BCUT2D eigenvalue weighted by Crippen LogP contribution is -2.01. The van der Waals surface area contributed by atoms with Crippen molar-refractivity contribution in [1.82, 2.24) is 0 Å². The SMILES string of the molecule is COc1c(C(=O)O)ccc(Cl)c1SC. The van der Waals surface area contributed by atoms with Crippen LogP contribution < -0.4 is 4.74 Å². The quantitative estimate of drug-likeness (QED) is 0.814. The number of ether oxygens (including phenoxy) is 1. The number of rotatable bonds is 3. The van der Waals surface area contributed by atoms with Crippen LogP contribution in [0.3, 0.4) is 0 Å². The van der Waals surface area contributed by atoms with Gasteiger partial charge in [0.15, 0.2) is 0 Å². The van der Waals surface area contributed by atoms with E-state index in [0.29, 0.717) is 15.7 Å². The number of hydrogen-bond acceptors (Lipinski definition) is 3. The van der Waals surface area contributed by atoms with Gasteiger partial charge in [-0.3, -0.25) is 0 Å². The van der Waals surface area contributed by atoms with Crippen molar-refractivity contribution in [3.8, 4) is 5.75 Å². The second kappa shape index (κ2) is 4.57. The van der Waals surface area contributed by atoms with Crippen molar-refractivity contribution in [1.29, 1.82) is 0 Å². The number of aromatic carboxylic acids is 1. The van der Waals surface area contributed by atoms with Gasteiger partial charge < -0.3 is 9.84 Å². The molecule has 5 heteroatoms. The summed E-state index contributed by atoms with van der Waals surface area (Å²) in [6.45, 7) is 0. The van der Waals surface area contributed by atoms with E-state index in [-0.39, 0.29) is 5.56 Å². The maximum absolute atomic E-state index is 10.8. The molecule has 1 aromatic carbocycles. The molecule has 0 atom stereocenters. The van der Waals surface area contributed by atoms with Gasteiger partial charge in [-0.1, -0.05) is 11.6 Å². The van der Waals surface area contributed by atoms with Crippen LogP contribution in [0.2, 0.25) is 5.02 Å². The molecule has 0 aliphatic rings. The van der Waals surface area contributed by atoms with Gasteiger partial charge in [0.05, 0.1) is 17.0 Å². The van der Waals surface area contributed by atoms with E-state index in [2.05, 4.69) is 0 Å². The van der Waals surface area contributed by atoms with Gasteiger partial charge in [-0.15, -0.1) is 11.8 Å². The number of carboxylic acid groups (broad SMARTS) is 1. The Kier molecular flexibility index (Phi) is 3.66. The molecule has 0 aromatic heterocycles. The second-order valence-electron chi connectivity index (χ2n) is 2.47. The third kappa shape index (κ3) is 1.96. The van der Waals surface area contributed by atoms with Gasteiger partial charge in [0, 0.05) is 0 Å². The molecule has 1 aromatic rings. The van der Waals surface area contributed by atoms with Gasteiger partial charge in [0.2, 0.25) is 0 Å². The topological polar surface area (TPSA) is 46.5 Å². The first kappa shape index (κ1) is 11.2. The Hall–Kier alpha value is -0.870. The number of carboxylic acids is 1. The Balaban J connectivity index is 3.40. The lowest BCUT2D eigenvalue weighted by atomic mass is 10.2. The highest BCUT2D eigenvalue weighted by Gasteiger charge is 2.16. The van der Waals surface area contributed by atoms with Crippen LogP contribution in [-0.2, 0) is 0 Å². The Labute approximate surface area is 91.0 Å². The molecule has 0 radical (unpaired) electrons. The Morgan fingerprint density at radius 1 is 1.57 bits per heavy atom. The molecule has 0 unspecified atom stereocenters. The summed E-state index contributed by atoms with van der Waals surface area (Å²) in [7, 11) is 1.43. The van der Waals surface area contributed by atoms with Gasteiger partial charge in [0.1, 0.15) is 11.3 Å². The highest BCUT2D eigenvalue weighted by atomic mass is 35.5. The van der Waals surface area contributed by atoms with Crippen LogP contribution in [0, 0.1) is 0 Å². The molecule has 14 heavy (non-hydrogen) atoms. The Morgan fingerprint density at radius 2 is 2.21 bits per heavy atom. The molecule has 1 N–H and O–H groups in total. The molecule has 0 saturated carbocycles. The van der Waals surface area contributed by atoms with E-state index in [1.807, 2.05) is 6.26 Å². The number of carbonyl (C=O) groups is 1. The molecule has 0 aliphatic heterocycles. The van der Waals surface area contributed by atoms with Crippen molar-refractivity contribution in [2.24, 2.45) is 0 Å². The predicted octanol–water partition coefficient (Wildman–Crippen LogP) is 2.77. The number of halogens is 1. The molecule has 0 spiro atoms. The summed E-state index contributed by atoms with van der Waals surface area (Å²) in [5.74, 6) is -0.702. The number of thioether (sulfide) groups is 1. The third-order valence-electron chi connectivity index (χ3n) is 1.70. The van der Waals surface area contributed by atoms with Crippen LogP contribution in [-0.4, -0.2) is 24.4 Å². The predicted molar refractivity (Wildman–Crippen MR) is 56.7 cm³/mol. The zero-order valence-corrected chi connectivity index (χ0v) is 9.28. The Bertz CT molecular complexity index is 365. The average Bonchev–Trinajstić information content (AvgIpc) is 2.16. The largest absolute Gasteiger partial charge is 0.495 e. The molecule has 1 rings (SSSR count). The van der Waals surface area contributed by atoms with E-state index in [1.165, 1.54) is 24.9 Å². The molecule has 0 fully saturated rings. The first-order valence-electron chi connectivity index (χ1n) is 3.75. The maximum Gasteiger partial charge on any atom is 0.339 e. The first-order valence-corrected chi connectivity index (χ1v) is 5.35. The van der Waals surface area contributed by atoms with E-state index in [4.69, 9.17) is 21.4 Å². The smallest absolute Gasteiger partial charge is 0.339 e. The third-order valence-corrected chi connectivity index (χ3v) is 2.94. The van der Waals surface area contributed by atoms with Crippen molar-refractivity contribution in [2.75, 3.05) is 13.4 Å². The standard InChI is InChI=1S/C9H9ClO3S/c1-13-7-5(9(11)12)3-4-6(10)8(7)14-2/h3-4H,1-2H3,(H,11,12). The minimum absolute atomic E-state index is 0.126. The molecule has 0 aliphatic carbocycles. The fourth-order valence-corrected chi connectivity index (χ4v) is 2.12. The zero-order valence-electron chi connectivity index (χ0n) is 7.70. The van der Waals surface area contributed by atoms with Gasteiger partial charge in [-0.05, 0) is 18.4 Å². The molecule has 0 amide bonds. The fourth-order valence-electron chi connectivity index (χ4n) is 1.10. The molecule has 76 valence electrons. The van der Waals surface area contributed by atoms with E-state index < -0.39 is 5.97 Å². The van der Waals surface area contributed by atoms with E-state index in [1.54, 1.807) is 6.07 Å². The lowest BCUT2D eigenvalue weighted by Gasteiger charge is -2.10. The van der Waals surface area contributed by atoms with E-state index >= 15 is 0 Å². The van der Waals surface area contributed by atoms with Crippen LogP contribution in [0.1, 0.15) is 10.4 Å². The van der Waals surface area contributed by atoms with Crippen molar-refractivity contribution < 1.29 is 14.6 Å². The van der Waals surface area contributed by atoms with Gasteiger partial charge in [-0.2, -0.15) is 0 Å². The monoisotopic (exact) mass is 232 g/mol. The van der Waals surface area contributed by atoms with Crippen molar-refractivity contribution >= 4 is 29.3 Å². The van der Waals surface area contributed by atoms with Crippen LogP contribution in [0.25, 0.3) is 0 Å². The number of hydrogen-bond donors (Lipinski definition) is 1. The summed E-state index contributed by atoms with van der Waals surface area (Å²) < 4.78 is 5.02. The summed E-state index contributed by atoms with van der Waals surface area (Å²) in [6.07, 6.45) is 1.81. The minimum Gasteiger partial charge on any atom is -0.495 e. The van der Waals surface area contributed by atoms with Gasteiger partial charge in [-0.25, -0.2) is 4.79 Å². The highest BCUT2D eigenvalue weighted by molar-refractivity contribution is 7.98. The molecular formula is C9H9ClO3S. The zero-order chi connectivity index (χ0) is 10.7. The molecule has 3 nitrogen and oxygen atoms in total. The normalized spacial score (nSPS) is 9.93. The van der Waals surface area contributed by atoms with E-state index in [9.17, 15) is 4.79 Å². The van der Waals surface area contributed by atoms with Gasteiger partial charge in [0.25, 0.3) is 0 Å². The molecule has 0 bridgehead atoms. The number of methoxy groups -OCH3 is 1. The molecule has 0 heterocycles. The molecule has 0 saturated heterocycles. The van der Waals surface area contributed by atoms with Crippen LogP contribution >= 0.6 is 23.4 Å². The lowest BCUT2D eigenvalue weighted by molar-refractivity contribution is 0.0693. The van der Waals surface area contributed by atoms with Crippen molar-refractivity contribution in [3.05, 3.63) is 22.7 Å².